The molecule has 0 atom stereocenters. The standard InChI is InChI=1S/C13H8ClFN2O2S/c14-11-6-5-10(7-9(11)8-16)17-20(18,19)13-4-2-1-3-12(13)15/h1-7,17H. The molecule has 0 bridgehead atoms. The summed E-state index contributed by atoms with van der Waals surface area (Å²) in [6.45, 7) is 0. The molecule has 0 amide bonds. The van der Waals surface area contributed by atoms with E-state index in [4.69, 9.17) is 16.9 Å². The van der Waals surface area contributed by atoms with Crippen LogP contribution >= 0.6 is 11.6 Å². The number of hydrogen-bond acceptors (Lipinski definition) is 3. The number of nitrogens with one attached hydrogen (secondary N) is 1. The van der Waals surface area contributed by atoms with Crippen LogP contribution in [-0.4, -0.2) is 8.42 Å². The molecule has 0 aliphatic carbocycles. The maximum atomic E-state index is 13.5. The van der Waals surface area contributed by atoms with Gasteiger partial charge in [0.1, 0.15) is 16.8 Å². The van der Waals surface area contributed by atoms with Gasteiger partial charge in [-0.3, -0.25) is 4.72 Å². The third-order valence-corrected chi connectivity index (χ3v) is 4.21. The predicted molar refractivity (Wildman–Crippen MR) is 73.4 cm³/mol. The molecule has 0 saturated heterocycles. The molecule has 2 rings (SSSR count). The minimum atomic E-state index is -4.06. The van der Waals surface area contributed by atoms with Gasteiger partial charge in [0.2, 0.25) is 0 Å². The third-order valence-electron chi connectivity index (χ3n) is 2.47. The first-order valence-corrected chi connectivity index (χ1v) is 7.27. The molecule has 2 aromatic carbocycles. The Balaban J connectivity index is 2.39. The van der Waals surface area contributed by atoms with Gasteiger partial charge in [-0.1, -0.05) is 23.7 Å². The lowest BCUT2D eigenvalue weighted by atomic mass is 10.2. The second kappa shape index (κ2) is 5.49. The Morgan fingerprint density at radius 3 is 2.55 bits per heavy atom. The number of halogens is 2. The molecular formula is C13H8ClFN2O2S. The molecule has 20 heavy (non-hydrogen) atoms. The van der Waals surface area contributed by atoms with Gasteiger partial charge in [0.15, 0.2) is 0 Å². The van der Waals surface area contributed by atoms with Crippen LogP contribution in [0.4, 0.5) is 10.1 Å². The van der Waals surface area contributed by atoms with Crippen LogP contribution in [0.1, 0.15) is 5.56 Å². The van der Waals surface area contributed by atoms with Gasteiger partial charge >= 0.3 is 0 Å². The molecule has 102 valence electrons. The smallest absolute Gasteiger partial charge is 0.264 e. The molecule has 0 aliphatic heterocycles. The SMILES string of the molecule is N#Cc1cc(NS(=O)(=O)c2ccccc2F)ccc1Cl. The van der Waals surface area contributed by atoms with E-state index in [0.29, 0.717) is 0 Å². The highest BCUT2D eigenvalue weighted by atomic mass is 35.5. The molecular weight excluding hydrogens is 303 g/mol. The molecule has 1 N–H and O–H groups in total. The largest absolute Gasteiger partial charge is 0.279 e. The third kappa shape index (κ3) is 2.90. The van der Waals surface area contributed by atoms with Crippen LogP contribution in [0.5, 0.6) is 0 Å². The molecule has 0 saturated carbocycles. The lowest BCUT2D eigenvalue weighted by molar-refractivity contribution is 0.570. The molecule has 0 aliphatic rings. The first kappa shape index (κ1) is 14.3. The quantitative estimate of drug-likeness (QED) is 0.946. The van der Waals surface area contributed by atoms with Crippen molar-refractivity contribution in [3.8, 4) is 6.07 Å². The Morgan fingerprint density at radius 1 is 1.20 bits per heavy atom. The first-order valence-electron chi connectivity index (χ1n) is 5.41. The van der Waals surface area contributed by atoms with E-state index in [1.165, 1.54) is 30.3 Å². The Bertz CT molecular complexity index is 800. The minimum Gasteiger partial charge on any atom is -0.279 e. The van der Waals surface area contributed by atoms with Gasteiger partial charge in [0.25, 0.3) is 10.0 Å². The minimum absolute atomic E-state index is 0.125. The molecule has 0 heterocycles. The summed E-state index contributed by atoms with van der Waals surface area (Å²) < 4.78 is 39.8. The summed E-state index contributed by atoms with van der Waals surface area (Å²) in [5.41, 5.74) is 0.259. The number of nitriles is 1. The summed E-state index contributed by atoms with van der Waals surface area (Å²) in [6, 6.07) is 10.9. The predicted octanol–water partition coefficient (Wildman–Crippen LogP) is 3.15. The molecule has 7 heteroatoms. The molecule has 2 aromatic rings. The zero-order valence-corrected chi connectivity index (χ0v) is 11.5. The van der Waals surface area contributed by atoms with E-state index in [1.54, 1.807) is 0 Å². The summed E-state index contributed by atoms with van der Waals surface area (Å²) in [4.78, 5) is -0.464. The maximum absolute atomic E-state index is 13.5. The lowest BCUT2D eigenvalue weighted by Crippen LogP contribution is -2.14. The highest BCUT2D eigenvalue weighted by Gasteiger charge is 2.18. The maximum Gasteiger partial charge on any atom is 0.264 e. The van der Waals surface area contributed by atoms with Gasteiger partial charge in [0.05, 0.1) is 16.3 Å². The fourth-order valence-corrected chi connectivity index (χ4v) is 2.84. The van der Waals surface area contributed by atoms with Gasteiger partial charge in [0, 0.05) is 0 Å². The number of benzene rings is 2. The second-order valence-corrected chi connectivity index (χ2v) is 5.90. The fraction of sp³-hybridized carbons (Fsp3) is 0. The molecule has 0 radical (unpaired) electrons. The number of nitrogens with zero attached hydrogens (tertiary/aromatic N) is 1. The van der Waals surface area contributed by atoms with Gasteiger partial charge in [-0.2, -0.15) is 5.26 Å². The van der Waals surface area contributed by atoms with Crippen molar-refractivity contribution in [1.82, 2.24) is 0 Å². The summed E-state index contributed by atoms with van der Waals surface area (Å²) >= 11 is 5.75. The van der Waals surface area contributed by atoms with E-state index in [1.807, 2.05) is 6.07 Å². The van der Waals surface area contributed by atoms with E-state index in [2.05, 4.69) is 4.72 Å². The van der Waals surface area contributed by atoms with Crippen LogP contribution in [0.3, 0.4) is 0 Å². The van der Waals surface area contributed by atoms with Crippen molar-refractivity contribution in [2.24, 2.45) is 0 Å². The summed E-state index contributed by atoms with van der Waals surface area (Å²) in [5.74, 6) is -0.852. The van der Waals surface area contributed by atoms with Crippen LogP contribution in [0.25, 0.3) is 0 Å². The Kier molecular flexibility index (Phi) is 3.93. The number of rotatable bonds is 3. The van der Waals surface area contributed by atoms with Gasteiger partial charge < -0.3 is 0 Å². The Labute approximate surface area is 120 Å². The number of sulfonamides is 1. The number of hydrogen-bond donors (Lipinski definition) is 1. The monoisotopic (exact) mass is 310 g/mol. The Morgan fingerprint density at radius 2 is 1.90 bits per heavy atom. The van der Waals surface area contributed by atoms with Crippen molar-refractivity contribution in [1.29, 1.82) is 5.26 Å². The molecule has 4 nitrogen and oxygen atoms in total. The van der Waals surface area contributed by atoms with E-state index < -0.39 is 20.7 Å². The van der Waals surface area contributed by atoms with Crippen LogP contribution in [-0.2, 0) is 10.0 Å². The van der Waals surface area contributed by atoms with Gasteiger partial charge in [-0.05, 0) is 30.3 Å². The van der Waals surface area contributed by atoms with Crippen LogP contribution < -0.4 is 4.72 Å². The fourth-order valence-electron chi connectivity index (χ4n) is 1.55. The zero-order chi connectivity index (χ0) is 14.8. The normalized spacial score (nSPS) is 10.8. The molecule has 0 spiro atoms. The zero-order valence-electron chi connectivity index (χ0n) is 9.97. The Hall–Kier alpha value is -2.10. The lowest BCUT2D eigenvalue weighted by Gasteiger charge is -2.09. The van der Waals surface area contributed by atoms with E-state index in [-0.39, 0.29) is 16.3 Å². The van der Waals surface area contributed by atoms with Crippen molar-refractivity contribution in [3.63, 3.8) is 0 Å². The topological polar surface area (TPSA) is 70.0 Å². The van der Waals surface area contributed by atoms with Gasteiger partial charge in [-0.15, -0.1) is 0 Å². The molecule has 0 aromatic heterocycles. The summed E-state index contributed by atoms with van der Waals surface area (Å²) in [5, 5.41) is 9.04. The van der Waals surface area contributed by atoms with Crippen molar-refractivity contribution in [2.75, 3.05) is 4.72 Å². The van der Waals surface area contributed by atoms with Gasteiger partial charge in [-0.25, -0.2) is 12.8 Å². The first-order chi connectivity index (χ1) is 9.44. The van der Waals surface area contributed by atoms with E-state index in [0.717, 1.165) is 12.1 Å². The highest BCUT2D eigenvalue weighted by Crippen LogP contribution is 2.23. The van der Waals surface area contributed by atoms with Crippen molar-refractivity contribution >= 4 is 27.3 Å². The summed E-state index contributed by atoms with van der Waals surface area (Å²) in [7, 11) is -4.06. The molecule has 0 fully saturated rings. The molecule has 0 unspecified atom stereocenters. The average Bonchev–Trinajstić information content (AvgIpc) is 2.41. The van der Waals surface area contributed by atoms with E-state index >= 15 is 0 Å². The van der Waals surface area contributed by atoms with Crippen molar-refractivity contribution < 1.29 is 12.8 Å². The van der Waals surface area contributed by atoms with Crippen molar-refractivity contribution in [3.05, 3.63) is 58.9 Å². The van der Waals surface area contributed by atoms with Crippen LogP contribution in [0.2, 0.25) is 5.02 Å². The summed E-state index contributed by atoms with van der Waals surface area (Å²) in [6.07, 6.45) is 0. The second-order valence-electron chi connectivity index (χ2n) is 3.84. The average molecular weight is 311 g/mol. The highest BCUT2D eigenvalue weighted by molar-refractivity contribution is 7.92. The van der Waals surface area contributed by atoms with Crippen LogP contribution in [0.15, 0.2) is 47.4 Å². The van der Waals surface area contributed by atoms with E-state index in [9.17, 15) is 12.8 Å². The van der Waals surface area contributed by atoms with Crippen molar-refractivity contribution in [2.45, 2.75) is 4.90 Å². The number of anilines is 1. The van der Waals surface area contributed by atoms with Crippen LogP contribution in [0, 0.1) is 17.1 Å².